The number of carbonyl (C=O) groups excluding carboxylic acids is 1. The van der Waals surface area contributed by atoms with Crippen molar-refractivity contribution in [3.05, 3.63) is 26.4 Å². The molecule has 37 heteroatoms. The van der Waals surface area contributed by atoms with Gasteiger partial charge in [0, 0.05) is 48.4 Å². The zero-order valence-corrected chi connectivity index (χ0v) is 59.4. The lowest BCUT2D eigenvalue weighted by molar-refractivity contribution is -1.09. The maximum atomic E-state index is 14.3. The normalized spacial score (nSPS) is 49.1. The van der Waals surface area contributed by atoms with Crippen molar-refractivity contribution in [2.75, 3.05) is 69.3 Å². The standard InChI is InChI=1S/C63H95Cl2NO34/c1-23-37(49(77-11)39(65)40(69)38(23)64)56(72)93-44-24(2)85-34(15-31(44)89-35-17-60(7,66(73)74)53(80-14)27(5)86-35)91-43-26(4)96-62(16-29(43)67)99-54-28(6)87-36(18-61(54,8)100-62)92-50-42(71)57(88-25(3)45(50)76-10)94-47-32(20-75-9)90-59(51(78-12)41(47)70)95-58-52(79-13)48-33(21-81-58)97-63(98-48)55-46(82-22-83-55)30(68)19-84-63/h24-36,41-48,50-55,57-59,66-71,73H,15-22H2,1-14H3/t24-,25-,26+,27-,28+,29+,30+,31-,32+,33+,34+,35+,36+,41-,42-,43+,44-,45-,46-,47+,48-,50-,51+,52+,53-,54+,55-,57+,58-,59-,60-,61-,62-,63-/m1/s1. The van der Waals surface area contributed by atoms with Gasteiger partial charge in [-0.3, -0.25) is 0 Å². The fourth-order valence-electron chi connectivity index (χ4n) is 16.1. The number of halogens is 2. The van der Waals surface area contributed by atoms with Crippen molar-refractivity contribution >= 4 is 29.2 Å². The Morgan fingerprint density at radius 1 is 0.620 bits per heavy atom. The third kappa shape index (κ3) is 14.3. The second-order valence-corrected chi connectivity index (χ2v) is 28.4. The molecule has 0 aliphatic carbocycles. The highest BCUT2D eigenvalue weighted by Crippen LogP contribution is 2.52. The van der Waals surface area contributed by atoms with Crippen molar-refractivity contribution in [1.29, 1.82) is 0 Å². The monoisotopic (exact) mass is 1480 g/mol. The zero-order valence-electron chi connectivity index (χ0n) is 57.8. The second-order valence-electron chi connectivity index (χ2n) is 27.6. The van der Waals surface area contributed by atoms with E-state index >= 15 is 0 Å². The number of phenolic OH excluding ortho intramolecular Hbond substituents is 1. The molecule has 0 aromatic heterocycles. The lowest BCUT2D eigenvalue weighted by atomic mass is 9.85. The SMILES string of the molecule is COC[C@@H]1O[C@H](O[C@H]2OC[C@@H]3O[C@@]4(OC[C@H](O)[C@H]5OCO[C@H]54)O[C@H]3[C@@H]2OC)[C@@H](OC)[C@H](O)[C@H]1O[C@@H]1O[C@H](C)[C@@H](OC)[C@H](O[C@H]2C[C@@]3(C)O[C@@]4(C[C@H](O)[C@@H](O[C@H]5C[C@@H](O[C@H]6C[C@@](C)([NH+]([O-])O)[C@H](OC)[C@@H](C)O6)[C@H](OC(=O)c6c(C)c(Cl)c(O)c(Cl)c6OC)[C@@H](C)O5)[C@H](C)O4)O[C@H]3[C@H](C)O2)[C@H]1O. The van der Waals surface area contributed by atoms with Gasteiger partial charge >= 0.3 is 11.9 Å². The molecule has 2 spiro atoms. The second kappa shape index (κ2) is 30.7. The average molecular weight is 1480 g/mol. The molecule has 570 valence electrons. The number of hydrogen-bond acceptors (Lipinski definition) is 34. The molecule has 0 bridgehead atoms. The summed E-state index contributed by atoms with van der Waals surface area (Å²) in [4.78, 5) is 14.3. The fraction of sp³-hybridized carbons (Fsp3) is 0.889. The number of methoxy groups -OCH3 is 6. The molecule has 0 saturated carbocycles. The summed E-state index contributed by atoms with van der Waals surface area (Å²) in [6.07, 6.45) is -32.9. The number of aromatic hydroxyl groups is 1. The molecular weight excluding hydrogens is 1390 g/mol. The van der Waals surface area contributed by atoms with Crippen LogP contribution < -0.4 is 9.96 Å². The predicted molar refractivity (Wildman–Crippen MR) is 328 cm³/mol. The van der Waals surface area contributed by atoms with Gasteiger partial charge in [-0.05, 0) is 61.0 Å². The minimum atomic E-state index is -1.85. The number of aliphatic hydroxyl groups is 4. The number of quaternary nitrogens is 1. The first-order chi connectivity index (χ1) is 47.5. The molecule has 1 unspecified atom stereocenters. The van der Waals surface area contributed by atoms with Crippen LogP contribution in [0.25, 0.3) is 0 Å². The number of nitrogens with one attached hydrogen (secondary N) is 1. The van der Waals surface area contributed by atoms with Crippen LogP contribution >= 0.6 is 23.2 Å². The number of phenols is 1. The van der Waals surface area contributed by atoms with Crippen molar-refractivity contribution in [3.8, 4) is 11.5 Å². The van der Waals surface area contributed by atoms with E-state index in [1.165, 1.54) is 56.5 Å². The zero-order chi connectivity index (χ0) is 72.0. The molecule has 0 amide bonds. The summed E-state index contributed by atoms with van der Waals surface area (Å²) in [6, 6.07) is 0. The highest BCUT2D eigenvalue weighted by atomic mass is 35.5. The number of carbonyl (C=O) groups is 1. The van der Waals surface area contributed by atoms with Crippen molar-refractivity contribution in [3.63, 3.8) is 0 Å². The van der Waals surface area contributed by atoms with E-state index in [9.17, 15) is 40.7 Å². The summed E-state index contributed by atoms with van der Waals surface area (Å²) in [7, 11) is 8.28. The minimum absolute atomic E-state index is 0.000396. The number of benzene rings is 1. The van der Waals surface area contributed by atoms with E-state index in [2.05, 4.69) is 0 Å². The van der Waals surface area contributed by atoms with E-state index in [1.807, 2.05) is 0 Å². The lowest BCUT2D eigenvalue weighted by Gasteiger charge is -2.49. The maximum Gasteiger partial charge on any atom is 0.342 e. The number of aliphatic hydroxyl groups excluding tert-OH is 4. The number of rotatable bonds is 20. The Morgan fingerprint density at radius 3 is 1.99 bits per heavy atom. The summed E-state index contributed by atoms with van der Waals surface area (Å²) in [5, 5.41) is 79.4. The predicted octanol–water partition coefficient (Wildman–Crippen LogP) is -0.144. The molecule has 1 aromatic rings. The van der Waals surface area contributed by atoms with Crippen molar-refractivity contribution < 1.29 is 164 Å². The molecule has 12 rings (SSSR count). The van der Waals surface area contributed by atoms with Crippen LogP contribution in [0.3, 0.4) is 0 Å². The smallest absolute Gasteiger partial charge is 0.342 e. The first kappa shape index (κ1) is 77.3. The first-order valence-corrected chi connectivity index (χ1v) is 34.2. The molecule has 0 radical (unpaired) electrons. The molecule has 11 aliphatic heterocycles. The Bertz CT molecular complexity index is 2960. The molecule has 11 fully saturated rings. The van der Waals surface area contributed by atoms with Gasteiger partial charge in [0.1, 0.15) is 121 Å². The molecule has 100 heavy (non-hydrogen) atoms. The van der Waals surface area contributed by atoms with Crippen LogP contribution in [0.1, 0.15) is 90.1 Å². The van der Waals surface area contributed by atoms with Crippen LogP contribution in [0.5, 0.6) is 11.5 Å². The summed E-state index contributed by atoms with van der Waals surface area (Å²) in [5.41, 5.74) is -2.78. The Labute approximate surface area is 586 Å². The first-order valence-electron chi connectivity index (χ1n) is 33.5. The van der Waals surface area contributed by atoms with E-state index in [-0.39, 0.29) is 79.2 Å². The highest BCUT2D eigenvalue weighted by Gasteiger charge is 2.68. The van der Waals surface area contributed by atoms with E-state index in [0.717, 1.165) is 0 Å². The average Bonchev–Trinajstić information content (AvgIpc) is 1.55. The van der Waals surface area contributed by atoms with Gasteiger partial charge in [-0.15, -0.1) is 0 Å². The van der Waals surface area contributed by atoms with Gasteiger partial charge in [0.2, 0.25) is 0 Å². The maximum absolute atomic E-state index is 14.3. The quantitative estimate of drug-likeness (QED) is 0.0660. The third-order valence-corrected chi connectivity index (χ3v) is 21.7. The van der Waals surface area contributed by atoms with Crippen LogP contribution in [0.15, 0.2) is 0 Å². The van der Waals surface area contributed by atoms with Crippen molar-refractivity contribution in [1.82, 2.24) is 0 Å². The van der Waals surface area contributed by atoms with Crippen molar-refractivity contribution in [2.45, 2.75) is 288 Å². The van der Waals surface area contributed by atoms with Crippen LogP contribution in [0.2, 0.25) is 10.0 Å². The topological polar surface area (TPSA) is 406 Å². The Hall–Kier alpha value is -2.37. The number of esters is 1. The van der Waals surface area contributed by atoms with E-state index in [4.69, 9.17) is 146 Å². The molecule has 1 aromatic carbocycles. The highest BCUT2D eigenvalue weighted by molar-refractivity contribution is 6.39. The molecule has 7 N–H and O–H groups in total. The van der Waals surface area contributed by atoms with Crippen molar-refractivity contribution in [2.24, 2.45) is 0 Å². The van der Waals surface area contributed by atoms with Crippen LogP contribution in [0, 0.1) is 12.1 Å². The number of hydroxylamine groups is 2. The Morgan fingerprint density at radius 2 is 1.31 bits per heavy atom. The molecule has 11 aliphatic rings. The van der Waals surface area contributed by atoms with Gasteiger partial charge < -0.3 is 154 Å². The molecule has 35 atom stereocenters. The van der Waals surface area contributed by atoms with Crippen LogP contribution in [-0.4, -0.2) is 313 Å². The van der Waals surface area contributed by atoms with E-state index in [0.29, 0.717) is 0 Å². The summed E-state index contributed by atoms with van der Waals surface area (Å²) in [5.74, 6) is -5.25. The summed E-state index contributed by atoms with van der Waals surface area (Å²) in [6.45, 7) is 12.7. The largest absolute Gasteiger partial charge is 0.600 e. The lowest BCUT2D eigenvalue weighted by Crippen LogP contribution is -3.16. The van der Waals surface area contributed by atoms with Gasteiger partial charge in [0.05, 0.1) is 81.4 Å². The van der Waals surface area contributed by atoms with Gasteiger partial charge in [-0.25, -0.2) is 15.2 Å². The molecule has 11 saturated heterocycles. The summed E-state index contributed by atoms with van der Waals surface area (Å²) < 4.78 is 161. The molecular formula is C63H95Cl2NO34. The Balaban J connectivity index is 0.692. The van der Waals surface area contributed by atoms with E-state index < -0.39 is 224 Å². The minimum Gasteiger partial charge on any atom is -0.600 e. The van der Waals surface area contributed by atoms with Crippen LogP contribution in [-0.2, 0) is 118 Å². The molecule has 35 nitrogen and oxygen atoms in total. The number of fused-ring (bicyclic) bond motifs is 4. The van der Waals surface area contributed by atoms with Gasteiger partial charge in [0.15, 0.2) is 67.0 Å². The third-order valence-electron chi connectivity index (χ3n) is 20.9. The number of ether oxygens (including phenoxy) is 26. The molecule has 11 heterocycles. The summed E-state index contributed by atoms with van der Waals surface area (Å²) >= 11 is 12.8. The van der Waals surface area contributed by atoms with Gasteiger partial charge in [0.25, 0.3) is 5.97 Å². The van der Waals surface area contributed by atoms with E-state index in [1.54, 1.807) is 41.5 Å². The van der Waals surface area contributed by atoms with Crippen LogP contribution in [0.4, 0.5) is 0 Å². The van der Waals surface area contributed by atoms with Gasteiger partial charge in [-0.2, -0.15) is 0 Å². The fourth-order valence-corrected chi connectivity index (χ4v) is 16.6. The number of hydrogen-bond donors (Lipinski definition) is 7. The van der Waals surface area contributed by atoms with Gasteiger partial charge in [-0.1, -0.05) is 23.2 Å². The Kier molecular flexibility index (Phi) is 23.7.